The number of allylic oxidation sites excluding steroid dienone is 3. The van der Waals surface area contributed by atoms with Gasteiger partial charge in [-0.1, -0.05) is 19.8 Å². The number of aliphatic imine (C=N–C) groups is 1. The minimum absolute atomic E-state index is 0.311. The predicted octanol–water partition coefficient (Wildman–Crippen LogP) is 6.16. The number of rotatable bonds is 7. The molecule has 140 valence electrons. The van der Waals surface area contributed by atoms with E-state index in [-0.39, 0.29) is 0 Å². The van der Waals surface area contributed by atoms with Gasteiger partial charge in [-0.25, -0.2) is 0 Å². The summed E-state index contributed by atoms with van der Waals surface area (Å²) in [4.78, 5) is 16.2. The zero-order chi connectivity index (χ0) is 19.6. The van der Waals surface area contributed by atoms with Gasteiger partial charge in [0.2, 0.25) is 0 Å². The summed E-state index contributed by atoms with van der Waals surface area (Å²) >= 11 is 2.25. The monoisotopic (exact) mass is 472 g/mol. The van der Waals surface area contributed by atoms with Crippen molar-refractivity contribution in [2.24, 2.45) is 4.99 Å². The normalized spacial score (nSPS) is 16.2. The predicted molar refractivity (Wildman–Crippen MR) is 114 cm³/mol. The van der Waals surface area contributed by atoms with Crippen LogP contribution in [0.15, 0.2) is 19.8 Å². The quantitative estimate of drug-likeness (QED) is 0.203. The number of carbonyl (C=O) groups is 1. The van der Waals surface area contributed by atoms with E-state index in [1.807, 2.05) is 13.8 Å². The Morgan fingerprint density at radius 1 is 1.23 bits per heavy atom. The van der Waals surface area contributed by atoms with Crippen LogP contribution in [0.25, 0.3) is 5.57 Å². The molecule has 3 nitrogen and oxygen atoms in total. The first-order chi connectivity index (χ1) is 12.3. The van der Waals surface area contributed by atoms with Crippen molar-refractivity contribution >= 4 is 47.6 Å². The molecule has 0 N–H and O–H groups in total. The highest BCUT2D eigenvalue weighted by Crippen LogP contribution is 2.39. The van der Waals surface area contributed by atoms with E-state index in [4.69, 9.17) is 0 Å². The molecular weight excluding hydrogens is 448 g/mol. The van der Waals surface area contributed by atoms with Crippen LogP contribution in [0.2, 0.25) is 0 Å². The minimum Gasteiger partial charge on any atom is -0.328 e. The highest BCUT2D eigenvalue weighted by molar-refractivity contribution is 14.1. The molecule has 0 aromatic carbocycles. The van der Waals surface area contributed by atoms with Gasteiger partial charge in [0.15, 0.2) is 6.29 Å². The van der Waals surface area contributed by atoms with E-state index in [1.165, 1.54) is 0 Å². The van der Waals surface area contributed by atoms with Crippen molar-refractivity contribution in [2.45, 2.75) is 60.3 Å². The van der Waals surface area contributed by atoms with E-state index in [0.717, 1.165) is 49.9 Å². The summed E-state index contributed by atoms with van der Waals surface area (Å²) in [6, 6.07) is 0. The lowest BCUT2D eigenvalue weighted by Crippen LogP contribution is -2.18. The molecule has 2 rings (SSSR count). The molecule has 0 atom stereocenters. The Bertz CT molecular complexity index is 822. The third-order valence-corrected chi connectivity index (χ3v) is 6.54. The van der Waals surface area contributed by atoms with Crippen molar-refractivity contribution in [2.75, 3.05) is 0 Å². The van der Waals surface area contributed by atoms with Crippen molar-refractivity contribution in [3.8, 4) is 0 Å². The molecule has 1 aliphatic heterocycles. The van der Waals surface area contributed by atoms with Crippen LogP contribution < -0.4 is 0 Å². The molecule has 0 unspecified atom stereocenters. The number of hydrogen-bond acceptors (Lipinski definition) is 2. The van der Waals surface area contributed by atoms with Gasteiger partial charge < -0.3 is 4.48 Å². The minimum atomic E-state index is -2.70. The molecule has 26 heavy (non-hydrogen) atoms. The number of halogens is 3. The SMILES string of the molecule is CCCCC/C(=C1/N=C(C)C(I)=C1C)c1c(C)c(C=O)c(C)n1B(F)F. The number of unbranched alkanes of at least 4 members (excludes halogenated alkanes) is 2. The fourth-order valence-corrected chi connectivity index (χ4v) is 3.91. The zero-order valence-electron chi connectivity index (χ0n) is 15.9. The summed E-state index contributed by atoms with van der Waals surface area (Å²) in [5, 5.41) is 0. The van der Waals surface area contributed by atoms with Gasteiger partial charge in [0.05, 0.1) is 11.4 Å². The average molecular weight is 472 g/mol. The van der Waals surface area contributed by atoms with Gasteiger partial charge in [0, 0.05) is 26.1 Å². The van der Waals surface area contributed by atoms with Crippen LogP contribution >= 0.6 is 22.6 Å². The maximum Gasteiger partial charge on any atom is 0.677 e. The largest absolute Gasteiger partial charge is 0.677 e. The smallest absolute Gasteiger partial charge is 0.328 e. The second-order valence-electron chi connectivity index (χ2n) is 6.66. The van der Waals surface area contributed by atoms with Crippen LogP contribution in [0.5, 0.6) is 0 Å². The Hall–Kier alpha value is -1.25. The van der Waals surface area contributed by atoms with Gasteiger partial charge in [-0.3, -0.25) is 18.4 Å². The average Bonchev–Trinajstić information content (AvgIpc) is 2.99. The number of nitrogens with zero attached hydrogens (tertiary/aromatic N) is 2. The van der Waals surface area contributed by atoms with Crippen LogP contribution in [-0.2, 0) is 0 Å². The fourth-order valence-electron chi connectivity index (χ4n) is 3.54. The fraction of sp³-hybridized carbons (Fsp3) is 0.474. The van der Waals surface area contributed by atoms with Crippen molar-refractivity contribution in [1.29, 1.82) is 0 Å². The highest BCUT2D eigenvalue weighted by atomic mass is 127. The van der Waals surface area contributed by atoms with E-state index in [0.29, 0.717) is 35.2 Å². The maximum absolute atomic E-state index is 13.9. The number of carbonyl (C=O) groups excluding carboxylic acids is 1. The summed E-state index contributed by atoms with van der Waals surface area (Å²) in [6.07, 6.45) is 4.31. The van der Waals surface area contributed by atoms with Crippen molar-refractivity contribution < 1.29 is 13.4 Å². The molecule has 0 aliphatic carbocycles. The first-order valence-corrected chi connectivity index (χ1v) is 9.94. The second kappa shape index (κ2) is 8.63. The van der Waals surface area contributed by atoms with Gasteiger partial charge in [-0.05, 0) is 74.3 Å². The first-order valence-electron chi connectivity index (χ1n) is 8.86. The molecule has 2 heterocycles. The van der Waals surface area contributed by atoms with Crippen LogP contribution in [-0.4, -0.2) is 23.9 Å². The summed E-state index contributed by atoms with van der Waals surface area (Å²) < 4.78 is 29.8. The number of aldehydes is 1. The lowest BCUT2D eigenvalue weighted by molar-refractivity contribution is 0.112. The lowest BCUT2D eigenvalue weighted by Gasteiger charge is -2.16. The van der Waals surface area contributed by atoms with Gasteiger partial charge in [0.1, 0.15) is 0 Å². The van der Waals surface area contributed by atoms with Crippen LogP contribution in [0, 0.1) is 13.8 Å². The third-order valence-electron chi connectivity index (χ3n) is 4.95. The summed E-state index contributed by atoms with van der Waals surface area (Å²) in [6.45, 7) is 9.36. The second-order valence-corrected chi connectivity index (χ2v) is 7.74. The Kier molecular flexibility index (Phi) is 6.99. The summed E-state index contributed by atoms with van der Waals surface area (Å²) in [5.74, 6) is 0. The van der Waals surface area contributed by atoms with Crippen LogP contribution in [0.1, 0.15) is 73.8 Å². The summed E-state index contributed by atoms with van der Waals surface area (Å²) in [7, 11) is -2.70. The van der Waals surface area contributed by atoms with E-state index >= 15 is 0 Å². The Morgan fingerprint density at radius 2 is 1.88 bits per heavy atom. The van der Waals surface area contributed by atoms with Gasteiger partial charge in [0.25, 0.3) is 0 Å². The van der Waals surface area contributed by atoms with E-state index in [1.54, 1.807) is 13.8 Å². The van der Waals surface area contributed by atoms with Crippen molar-refractivity contribution in [3.05, 3.63) is 37.4 Å². The topological polar surface area (TPSA) is 34.4 Å². The zero-order valence-corrected chi connectivity index (χ0v) is 18.1. The van der Waals surface area contributed by atoms with Gasteiger partial charge >= 0.3 is 7.40 Å². The third kappa shape index (κ3) is 3.73. The summed E-state index contributed by atoms with van der Waals surface area (Å²) in [5.41, 5.74) is 5.24. The van der Waals surface area contributed by atoms with E-state index < -0.39 is 7.40 Å². The molecule has 0 amide bonds. The lowest BCUT2D eigenvalue weighted by atomic mass is 9.95. The molecule has 7 heteroatoms. The van der Waals surface area contributed by atoms with Gasteiger partial charge in [-0.15, -0.1) is 0 Å². The highest BCUT2D eigenvalue weighted by Gasteiger charge is 2.31. The molecule has 1 aromatic rings. The van der Waals surface area contributed by atoms with Crippen molar-refractivity contribution in [1.82, 2.24) is 4.48 Å². The number of hydrogen-bond donors (Lipinski definition) is 0. The maximum atomic E-state index is 13.9. The first kappa shape index (κ1) is 21.1. The molecule has 0 radical (unpaired) electrons. The molecule has 0 fully saturated rings. The van der Waals surface area contributed by atoms with Gasteiger partial charge in [-0.2, -0.15) is 0 Å². The van der Waals surface area contributed by atoms with Crippen LogP contribution in [0.3, 0.4) is 0 Å². The molecule has 1 aromatic heterocycles. The molecule has 0 bridgehead atoms. The Morgan fingerprint density at radius 3 is 2.35 bits per heavy atom. The molecule has 0 saturated carbocycles. The Balaban J connectivity index is 2.79. The van der Waals surface area contributed by atoms with Crippen molar-refractivity contribution in [3.63, 3.8) is 0 Å². The van der Waals surface area contributed by atoms with Crippen LogP contribution in [0.4, 0.5) is 8.63 Å². The standard InChI is InChI=1S/C19H24BF2IN2O/c1-6-7-8-9-15(18-12(3)17(23)13(4)24-18)19-11(2)16(10-26)14(5)25(19)20(21)22/h10H,6-9H2,1-5H3/b18-15-. The molecular formula is C19H24BF2IN2O. The van der Waals surface area contributed by atoms with E-state index in [9.17, 15) is 13.4 Å². The molecule has 0 saturated heterocycles. The van der Waals surface area contributed by atoms with E-state index in [2.05, 4.69) is 34.5 Å². The molecule has 0 spiro atoms. The number of aromatic nitrogens is 1. The molecule has 1 aliphatic rings. The Labute approximate surface area is 168 Å².